The van der Waals surface area contributed by atoms with Crippen LogP contribution >= 0.6 is 0 Å². The second-order valence-electron chi connectivity index (χ2n) is 4.54. The summed E-state index contributed by atoms with van der Waals surface area (Å²) in [5.74, 6) is -0.195. The molecule has 1 N–H and O–H groups in total. The van der Waals surface area contributed by atoms with Gasteiger partial charge in [0, 0.05) is 6.54 Å². The van der Waals surface area contributed by atoms with Gasteiger partial charge in [0.25, 0.3) is 0 Å². The minimum absolute atomic E-state index is 0.0425. The van der Waals surface area contributed by atoms with E-state index in [2.05, 4.69) is 12.2 Å². The number of halogens is 1. The Labute approximate surface area is 102 Å². The molecule has 94 valence electrons. The van der Waals surface area contributed by atoms with E-state index in [4.69, 9.17) is 4.74 Å². The number of hydrogen-bond donors (Lipinski definition) is 1. The van der Waals surface area contributed by atoms with Gasteiger partial charge in [-0.05, 0) is 43.5 Å². The van der Waals surface area contributed by atoms with E-state index >= 15 is 0 Å². The van der Waals surface area contributed by atoms with Crippen LogP contribution < -0.4 is 5.32 Å². The van der Waals surface area contributed by atoms with Gasteiger partial charge < -0.3 is 10.1 Å². The fourth-order valence-electron chi connectivity index (χ4n) is 1.94. The third-order valence-electron chi connectivity index (χ3n) is 3.23. The number of ether oxygens (including phenoxy) is 1. The smallest absolute Gasteiger partial charge is 0.123 e. The van der Waals surface area contributed by atoms with Crippen LogP contribution in [0.4, 0.5) is 4.39 Å². The summed E-state index contributed by atoms with van der Waals surface area (Å²) < 4.78 is 18.9. The van der Waals surface area contributed by atoms with Crippen molar-refractivity contribution in [3.8, 4) is 0 Å². The maximum absolute atomic E-state index is 12.9. The summed E-state index contributed by atoms with van der Waals surface area (Å²) in [6, 6.07) is 6.63. The number of nitrogens with one attached hydrogen (secondary N) is 1. The van der Waals surface area contributed by atoms with Gasteiger partial charge in [0.05, 0.1) is 12.2 Å². The molecule has 1 aliphatic rings. The lowest BCUT2D eigenvalue weighted by atomic mass is 9.95. The average Bonchev–Trinajstić information content (AvgIpc) is 2.28. The van der Waals surface area contributed by atoms with E-state index in [9.17, 15) is 4.39 Å². The first-order chi connectivity index (χ1) is 8.29. The van der Waals surface area contributed by atoms with Crippen molar-refractivity contribution in [1.82, 2.24) is 5.32 Å². The fraction of sp³-hybridized carbons (Fsp3) is 0.571. The topological polar surface area (TPSA) is 21.3 Å². The molecule has 1 aromatic rings. The first-order valence-electron chi connectivity index (χ1n) is 6.41. The van der Waals surface area contributed by atoms with Crippen LogP contribution in [-0.2, 0) is 4.74 Å². The Bertz CT molecular complexity index is 335. The Morgan fingerprint density at radius 3 is 2.59 bits per heavy atom. The summed E-state index contributed by atoms with van der Waals surface area (Å²) in [7, 11) is 0. The van der Waals surface area contributed by atoms with Gasteiger partial charge in [-0.2, -0.15) is 0 Å². The third-order valence-corrected chi connectivity index (χ3v) is 3.23. The zero-order valence-corrected chi connectivity index (χ0v) is 10.3. The van der Waals surface area contributed by atoms with Crippen molar-refractivity contribution in [2.45, 2.75) is 38.4 Å². The molecule has 17 heavy (non-hydrogen) atoms. The van der Waals surface area contributed by atoms with E-state index in [1.807, 2.05) is 12.1 Å². The molecule has 0 radical (unpaired) electrons. The Morgan fingerprint density at radius 2 is 2.06 bits per heavy atom. The highest BCUT2D eigenvalue weighted by atomic mass is 19.1. The van der Waals surface area contributed by atoms with Crippen molar-refractivity contribution in [2.75, 3.05) is 13.1 Å². The Kier molecular flexibility index (Phi) is 4.51. The maximum Gasteiger partial charge on any atom is 0.123 e. The molecule has 2 nitrogen and oxygen atoms in total. The van der Waals surface area contributed by atoms with Crippen LogP contribution in [0.2, 0.25) is 0 Å². The standard InChI is InChI=1S/C14H20FNO/c1-2-16-10-14(17-13-4-3-5-13)11-6-8-12(15)9-7-11/h6-9,13-14,16H,2-5,10H2,1H3. The minimum atomic E-state index is -0.195. The van der Waals surface area contributed by atoms with Crippen molar-refractivity contribution in [3.63, 3.8) is 0 Å². The largest absolute Gasteiger partial charge is 0.369 e. The summed E-state index contributed by atoms with van der Waals surface area (Å²) in [5.41, 5.74) is 1.05. The van der Waals surface area contributed by atoms with E-state index in [1.165, 1.54) is 18.6 Å². The van der Waals surface area contributed by atoms with Crippen LogP contribution in [0.25, 0.3) is 0 Å². The summed E-state index contributed by atoms with van der Waals surface area (Å²) in [6.07, 6.45) is 4.01. The predicted octanol–water partition coefficient (Wildman–Crippen LogP) is 3.05. The molecule has 0 saturated heterocycles. The van der Waals surface area contributed by atoms with E-state index in [0.717, 1.165) is 31.5 Å². The molecule has 0 bridgehead atoms. The zero-order valence-electron chi connectivity index (χ0n) is 10.3. The van der Waals surface area contributed by atoms with Gasteiger partial charge in [0.15, 0.2) is 0 Å². The number of benzene rings is 1. The van der Waals surface area contributed by atoms with Crippen LogP contribution in [-0.4, -0.2) is 19.2 Å². The zero-order chi connectivity index (χ0) is 12.1. The highest BCUT2D eigenvalue weighted by molar-refractivity contribution is 5.19. The first kappa shape index (κ1) is 12.5. The van der Waals surface area contributed by atoms with Gasteiger partial charge in [-0.15, -0.1) is 0 Å². The van der Waals surface area contributed by atoms with Crippen molar-refractivity contribution >= 4 is 0 Å². The lowest BCUT2D eigenvalue weighted by Gasteiger charge is -2.31. The highest BCUT2D eigenvalue weighted by Gasteiger charge is 2.23. The molecule has 1 saturated carbocycles. The molecule has 0 spiro atoms. The third kappa shape index (κ3) is 3.51. The molecule has 1 atom stereocenters. The molecule has 1 aliphatic carbocycles. The Morgan fingerprint density at radius 1 is 1.35 bits per heavy atom. The van der Waals surface area contributed by atoms with Gasteiger partial charge in [0.2, 0.25) is 0 Å². The molecule has 1 fully saturated rings. The van der Waals surface area contributed by atoms with E-state index in [0.29, 0.717) is 6.10 Å². The van der Waals surface area contributed by atoms with Crippen molar-refractivity contribution in [3.05, 3.63) is 35.6 Å². The van der Waals surface area contributed by atoms with Crippen LogP contribution in [0.5, 0.6) is 0 Å². The average molecular weight is 237 g/mol. The fourth-order valence-corrected chi connectivity index (χ4v) is 1.94. The van der Waals surface area contributed by atoms with Crippen molar-refractivity contribution in [2.24, 2.45) is 0 Å². The predicted molar refractivity (Wildman–Crippen MR) is 66.4 cm³/mol. The van der Waals surface area contributed by atoms with E-state index < -0.39 is 0 Å². The molecular formula is C14H20FNO. The lowest BCUT2D eigenvalue weighted by molar-refractivity contribution is -0.0518. The molecule has 2 rings (SSSR count). The van der Waals surface area contributed by atoms with Crippen molar-refractivity contribution < 1.29 is 9.13 Å². The van der Waals surface area contributed by atoms with Crippen LogP contribution in [0.15, 0.2) is 24.3 Å². The summed E-state index contributed by atoms with van der Waals surface area (Å²) in [5, 5.41) is 3.30. The highest BCUT2D eigenvalue weighted by Crippen LogP contribution is 2.28. The monoisotopic (exact) mass is 237 g/mol. The van der Waals surface area contributed by atoms with E-state index in [-0.39, 0.29) is 11.9 Å². The van der Waals surface area contributed by atoms with E-state index in [1.54, 1.807) is 0 Å². The molecule has 0 heterocycles. The van der Waals surface area contributed by atoms with Gasteiger partial charge in [-0.1, -0.05) is 19.1 Å². The first-order valence-corrected chi connectivity index (χ1v) is 6.41. The second kappa shape index (κ2) is 6.12. The maximum atomic E-state index is 12.9. The lowest BCUT2D eigenvalue weighted by Crippen LogP contribution is -2.30. The normalized spacial score (nSPS) is 17.8. The second-order valence-corrected chi connectivity index (χ2v) is 4.54. The summed E-state index contributed by atoms with van der Waals surface area (Å²) in [4.78, 5) is 0. The van der Waals surface area contributed by atoms with Gasteiger partial charge in [-0.25, -0.2) is 4.39 Å². The van der Waals surface area contributed by atoms with Crippen LogP contribution in [0, 0.1) is 5.82 Å². The number of hydrogen-bond acceptors (Lipinski definition) is 2. The van der Waals surface area contributed by atoms with Crippen LogP contribution in [0.1, 0.15) is 37.9 Å². The Hall–Kier alpha value is -0.930. The quantitative estimate of drug-likeness (QED) is 0.821. The SMILES string of the molecule is CCNCC(OC1CCC1)c1ccc(F)cc1. The van der Waals surface area contributed by atoms with Crippen molar-refractivity contribution in [1.29, 1.82) is 0 Å². The molecule has 0 aromatic heterocycles. The number of rotatable bonds is 6. The molecule has 0 aliphatic heterocycles. The molecule has 1 aromatic carbocycles. The molecule has 1 unspecified atom stereocenters. The van der Waals surface area contributed by atoms with Gasteiger partial charge >= 0.3 is 0 Å². The van der Waals surface area contributed by atoms with Crippen LogP contribution in [0.3, 0.4) is 0 Å². The summed E-state index contributed by atoms with van der Waals surface area (Å²) in [6.45, 7) is 3.79. The molecular weight excluding hydrogens is 217 g/mol. The van der Waals surface area contributed by atoms with Gasteiger partial charge in [-0.3, -0.25) is 0 Å². The van der Waals surface area contributed by atoms with Gasteiger partial charge in [0.1, 0.15) is 5.82 Å². The molecule has 3 heteroatoms. The minimum Gasteiger partial charge on any atom is -0.369 e. The summed E-state index contributed by atoms with van der Waals surface area (Å²) >= 11 is 0. The molecule has 0 amide bonds. The number of likely N-dealkylation sites (N-methyl/N-ethyl adjacent to an activating group) is 1. The Balaban J connectivity index is 1.99.